The predicted molar refractivity (Wildman–Crippen MR) is 101 cm³/mol. The van der Waals surface area contributed by atoms with Crippen molar-refractivity contribution in [2.45, 2.75) is 24.2 Å². The molecule has 1 atom stereocenters. The van der Waals surface area contributed by atoms with Crippen LogP contribution in [0.2, 0.25) is 0 Å². The minimum Gasteiger partial charge on any atom is -0.326 e. The van der Waals surface area contributed by atoms with Gasteiger partial charge in [-0.15, -0.1) is 28.3 Å². The van der Waals surface area contributed by atoms with Gasteiger partial charge in [0.25, 0.3) is 0 Å². The molecule has 1 saturated carbocycles. The van der Waals surface area contributed by atoms with E-state index in [2.05, 4.69) is 10.4 Å². The van der Waals surface area contributed by atoms with Crippen molar-refractivity contribution < 1.29 is 4.79 Å². The molecule has 2 aromatic heterocycles. The third kappa shape index (κ3) is 2.79. The van der Waals surface area contributed by atoms with Crippen molar-refractivity contribution in [3.05, 3.63) is 64.7 Å². The van der Waals surface area contributed by atoms with Gasteiger partial charge in [0.1, 0.15) is 4.33 Å². The summed E-state index contributed by atoms with van der Waals surface area (Å²) in [5.74, 6) is -0.218. The molecule has 3 aromatic rings. The zero-order valence-corrected chi connectivity index (χ0v) is 15.5. The van der Waals surface area contributed by atoms with Crippen LogP contribution in [-0.4, -0.2) is 24.4 Å². The van der Waals surface area contributed by atoms with Gasteiger partial charge in [-0.2, -0.15) is 0 Å². The highest BCUT2D eigenvalue weighted by atomic mass is 35.5. The number of benzene rings is 1. The number of anilines is 1. The second-order valence-electron chi connectivity index (χ2n) is 6.74. The van der Waals surface area contributed by atoms with Gasteiger partial charge in [0.15, 0.2) is 5.65 Å². The van der Waals surface area contributed by atoms with Gasteiger partial charge in [-0.1, -0.05) is 18.2 Å². The molecule has 0 saturated heterocycles. The van der Waals surface area contributed by atoms with Gasteiger partial charge in [-0.25, -0.2) is 9.48 Å². The molecule has 4 rings (SSSR count). The van der Waals surface area contributed by atoms with Crippen molar-refractivity contribution in [3.63, 3.8) is 0 Å². The van der Waals surface area contributed by atoms with E-state index < -0.39 is 9.75 Å². The summed E-state index contributed by atoms with van der Waals surface area (Å²) < 4.78 is 1.86. The maximum Gasteiger partial charge on any atom is 0.350 e. The summed E-state index contributed by atoms with van der Waals surface area (Å²) in [6.07, 6.45) is 2.10. The number of pyridine rings is 1. The molecule has 1 N–H and O–H groups in total. The number of amides is 1. The van der Waals surface area contributed by atoms with Crippen LogP contribution in [0.25, 0.3) is 5.65 Å². The van der Waals surface area contributed by atoms with Gasteiger partial charge in [-0.05, 0) is 43.2 Å². The van der Waals surface area contributed by atoms with E-state index in [-0.39, 0.29) is 11.6 Å². The molecule has 0 spiro atoms. The quantitative estimate of drug-likeness (QED) is 0.695. The minimum absolute atomic E-state index is 0.213. The normalized spacial score (nSPS) is 20.9. The fraction of sp³-hybridized carbons (Fsp3) is 0.278. The molecule has 0 bridgehead atoms. The lowest BCUT2D eigenvalue weighted by molar-refractivity contribution is -0.120. The number of nitrogens with one attached hydrogen (secondary N) is 1. The number of hydrogen-bond acceptors (Lipinski definition) is 3. The zero-order chi connectivity index (χ0) is 18.5. The molecule has 8 heteroatoms. The van der Waals surface area contributed by atoms with Crippen LogP contribution in [-0.2, 0) is 11.3 Å². The van der Waals surface area contributed by atoms with E-state index in [4.69, 9.17) is 23.2 Å². The third-order valence-corrected chi connectivity index (χ3v) is 5.87. The number of aromatic nitrogens is 3. The number of fused-ring (bicyclic) bond motifs is 1. The molecule has 1 aliphatic rings. The zero-order valence-electron chi connectivity index (χ0n) is 13.9. The van der Waals surface area contributed by atoms with Gasteiger partial charge in [-0.3, -0.25) is 9.20 Å². The van der Waals surface area contributed by atoms with Gasteiger partial charge in [0, 0.05) is 11.9 Å². The molecule has 1 amide bonds. The minimum atomic E-state index is -1.02. The lowest BCUT2D eigenvalue weighted by Crippen LogP contribution is -2.26. The lowest BCUT2D eigenvalue weighted by atomic mass is 10.1. The Labute approximate surface area is 159 Å². The topological polar surface area (TPSA) is 68.4 Å². The molecule has 6 nitrogen and oxygen atoms in total. The van der Waals surface area contributed by atoms with Crippen LogP contribution >= 0.6 is 23.2 Å². The first-order valence-corrected chi connectivity index (χ1v) is 8.88. The second-order valence-corrected chi connectivity index (χ2v) is 8.22. The van der Waals surface area contributed by atoms with Crippen molar-refractivity contribution in [2.75, 3.05) is 5.32 Å². The predicted octanol–water partition coefficient (Wildman–Crippen LogP) is 3.07. The van der Waals surface area contributed by atoms with E-state index in [1.54, 1.807) is 31.3 Å². The maximum absolute atomic E-state index is 12.4. The van der Waals surface area contributed by atoms with Crippen molar-refractivity contribution in [3.8, 4) is 0 Å². The SMILES string of the molecule is CC1(C(=O)Nc2cccc(Cn3nc4ccccn4c3=O)c2)CC1(Cl)Cl. The number of rotatable bonds is 4. The summed E-state index contributed by atoms with van der Waals surface area (Å²) in [4.78, 5) is 24.8. The number of halogens is 2. The van der Waals surface area contributed by atoms with Gasteiger partial charge >= 0.3 is 5.69 Å². The summed E-state index contributed by atoms with van der Waals surface area (Å²) >= 11 is 12.1. The number of carbonyl (C=O) groups is 1. The van der Waals surface area contributed by atoms with Gasteiger partial charge < -0.3 is 5.32 Å². The highest BCUT2D eigenvalue weighted by Gasteiger charge is 2.67. The molecular formula is C18H16Cl2N4O2. The average Bonchev–Trinajstić information content (AvgIpc) is 2.98. The Balaban J connectivity index is 1.55. The van der Waals surface area contributed by atoms with E-state index in [9.17, 15) is 9.59 Å². The van der Waals surface area contributed by atoms with Crippen LogP contribution in [0.3, 0.4) is 0 Å². The number of nitrogens with zero attached hydrogens (tertiary/aromatic N) is 3. The van der Waals surface area contributed by atoms with Gasteiger partial charge in [0.05, 0.1) is 12.0 Å². The van der Waals surface area contributed by atoms with Gasteiger partial charge in [0.2, 0.25) is 5.91 Å². The fourth-order valence-electron chi connectivity index (χ4n) is 2.91. The molecule has 2 heterocycles. The molecule has 0 radical (unpaired) electrons. The largest absolute Gasteiger partial charge is 0.350 e. The van der Waals surface area contributed by atoms with Crippen molar-refractivity contribution in [2.24, 2.45) is 5.41 Å². The maximum atomic E-state index is 12.4. The molecule has 1 unspecified atom stereocenters. The fourth-order valence-corrected chi connectivity index (χ4v) is 3.61. The summed E-state index contributed by atoms with van der Waals surface area (Å²) in [5, 5.41) is 7.16. The monoisotopic (exact) mass is 390 g/mol. The van der Waals surface area contributed by atoms with Crippen LogP contribution < -0.4 is 11.0 Å². The molecule has 0 aliphatic heterocycles. The highest BCUT2D eigenvalue weighted by Crippen LogP contribution is 2.64. The lowest BCUT2D eigenvalue weighted by Gasteiger charge is -2.13. The Morgan fingerprint density at radius 1 is 1.27 bits per heavy atom. The molecule has 1 aromatic carbocycles. The summed E-state index contributed by atoms with van der Waals surface area (Å²) in [5.41, 5.74) is 1.06. The first-order valence-electron chi connectivity index (χ1n) is 8.13. The van der Waals surface area contributed by atoms with E-state index in [0.717, 1.165) is 5.56 Å². The summed E-state index contributed by atoms with van der Waals surface area (Å²) in [6, 6.07) is 12.7. The molecular weight excluding hydrogens is 375 g/mol. The smallest absolute Gasteiger partial charge is 0.326 e. The van der Waals surface area contributed by atoms with E-state index in [1.165, 1.54) is 9.08 Å². The third-order valence-electron chi connectivity index (χ3n) is 4.76. The van der Waals surface area contributed by atoms with Crippen molar-refractivity contribution in [1.82, 2.24) is 14.2 Å². The molecule has 26 heavy (non-hydrogen) atoms. The first-order chi connectivity index (χ1) is 12.3. The Bertz CT molecular complexity index is 1070. The Morgan fingerprint density at radius 3 is 2.73 bits per heavy atom. The Hall–Kier alpha value is -2.31. The number of carbonyl (C=O) groups excluding carboxylic acids is 1. The summed E-state index contributed by atoms with van der Waals surface area (Å²) in [7, 11) is 0. The second kappa shape index (κ2) is 5.86. The van der Waals surface area contributed by atoms with Crippen molar-refractivity contribution in [1.29, 1.82) is 0 Å². The first kappa shape index (κ1) is 17.1. The van der Waals surface area contributed by atoms with E-state index in [1.807, 2.05) is 24.3 Å². The number of hydrogen-bond donors (Lipinski definition) is 1. The van der Waals surface area contributed by atoms with Crippen LogP contribution in [0.1, 0.15) is 18.9 Å². The highest BCUT2D eigenvalue weighted by molar-refractivity contribution is 6.53. The van der Waals surface area contributed by atoms with Crippen LogP contribution in [0.4, 0.5) is 5.69 Å². The van der Waals surface area contributed by atoms with E-state index in [0.29, 0.717) is 24.3 Å². The molecule has 1 aliphatic carbocycles. The van der Waals surface area contributed by atoms with Crippen molar-refractivity contribution >= 4 is 40.4 Å². The number of alkyl halides is 2. The van der Waals surface area contributed by atoms with Crippen LogP contribution in [0.5, 0.6) is 0 Å². The molecule has 134 valence electrons. The standard InChI is InChI=1S/C18H16Cl2N4O2/c1-17(11-18(17,19)20)15(25)21-13-6-4-5-12(9-13)10-24-16(26)23-8-3-2-7-14(23)22-24/h2-9H,10-11H2,1H3,(H,21,25). The van der Waals surface area contributed by atoms with Crippen LogP contribution in [0, 0.1) is 5.41 Å². The molecule has 1 fully saturated rings. The summed E-state index contributed by atoms with van der Waals surface area (Å²) in [6.45, 7) is 2.04. The Morgan fingerprint density at radius 2 is 2.04 bits per heavy atom. The average molecular weight is 391 g/mol. The Kier molecular flexibility index (Phi) is 3.86. The van der Waals surface area contributed by atoms with E-state index >= 15 is 0 Å². The van der Waals surface area contributed by atoms with Crippen LogP contribution in [0.15, 0.2) is 53.5 Å².